The second-order valence-electron chi connectivity index (χ2n) is 4.57. The number of thiophene rings is 1. The van der Waals surface area contributed by atoms with E-state index >= 15 is 0 Å². The maximum atomic E-state index is 6.12. The lowest BCUT2D eigenvalue weighted by atomic mass is 10.2. The SMILES string of the molecule is CCN(C)c1nc(-c2cccs2)c2c(N)n(C)nc2n1. The Bertz CT molecular complexity index is 746. The molecule has 3 aromatic rings. The number of aryl methyl sites for hydroxylation is 1. The lowest BCUT2D eigenvalue weighted by molar-refractivity contribution is 0.786. The van der Waals surface area contributed by atoms with Gasteiger partial charge >= 0.3 is 0 Å². The predicted molar refractivity (Wildman–Crippen MR) is 83.0 cm³/mol. The first-order valence-corrected chi connectivity index (χ1v) is 7.25. The molecule has 0 saturated heterocycles. The van der Waals surface area contributed by atoms with Crippen molar-refractivity contribution >= 4 is 34.1 Å². The predicted octanol–water partition coefficient (Wildman–Crippen LogP) is 2.13. The van der Waals surface area contributed by atoms with Crippen LogP contribution in [0.2, 0.25) is 0 Å². The molecule has 0 spiro atoms. The first-order valence-electron chi connectivity index (χ1n) is 6.37. The van der Waals surface area contributed by atoms with E-state index in [0.717, 1.165) is 22.5 Å². The minimum absolute atomic E-state index is 0.592. The maximum absolute atomic E-state index is 6.12. The number of fused-ring (bicyclic) bond motifs is 1. The van der Waals surface area contributed by atoms with Crippen molar-refractivity contribution in [2.24, 2.45) is 7.05 Å². The summed E-state index contributed by atoms with van der Waals surface area (Å²) in [6.07, 6.45) is 0. The first-order chi connectivity index (χ1) is 9.61. The van der Waals surface area contributed by atoms with E-state index in [1.54, 1.807) is 16.0 Å². The minimum atomic E-state index is 0.592. The molecular weight excluding hydrogens is 272 g/mol. The van der Waals surface area contributed by atoms with Crippen LogP contribution in [0.15, 0.2) is 17.5 Å². The first kappa shape index (κ1) is 12.9. The van der Waals surface area contributed by atoms with E-state index in [1.807, 2.05) is 36.5 Å². The monoisotopic (exact) mass is 288 g/mol. The summed E-state index contributed by atoms with van der Waals surface area (Å²) in [5, 5.41) is 7.23. The van der Waals surface area contributed by atoms with Crippen molar-refractivity contribution < 1.29 is 0 Å². The van der Waals surface area contributed by atoms with Gasteiger partial charge in [-0.15, -0.1) is 11.3 Å². The molecule has 0 radical (unpaired) electrons. The number of aromatic nitrogens is 4. The van der Waals surface area contributed by atoms with E-state index in [1.165, 1.54) is 0 Å². The molecule has 0 saturated carbocycles. The summed E-state index contributed by atoms with van der Waals surface area (Å²) in [7, 11) is 3.78. The van der Waals surface area contributed by atoms with Crippen LogP contribution >= 0.6 is 11.3 Å². The fourth-order valence-electron chi connectivity index (χ4n) is 2.01. The van der Waals surface area contributed by atoms with Gasteiger partial charge in [0, 0.05) is 20.6 Å². The van der Waals surface area contributed by atoms with Gasteiger partial charge in [0.05, 0.1) is 16.0 Å². The molecule has 6 nitrogen and oxygen atoms in total. The summed E-state index contributed by atoms with van der Waals surface area (Å²) < 4.78 is 1.65. The summed E-state index contributed by atoms with van der Waals surface area (Å²) in [6, 6.07) is 4.04. The summed E-state index contributed by atoms with van der Waals surface area (Å²) in [6.45, 7) is 2.89. The van der Waals surface area contributed by atoms with E-state index in [4.69, 9.17) is 5.73 Å². The van der Waals surface area contributed by atoms with Gasteiger partial charge in [0.2, 0.25) is 5.95 Å². The Morgan fingerprint density at radius 1 is 1.40 bits per heavy atom. The third-order valence-corrected chi connectivity index (χ3v) is 4.17. The molecule has 20 heavy (non-hydrogen) atoms. The molecule has 7 heteroatoms. The zero-order valence-corrected chi connectivity index (χ0v) is 12.5. The van der Waals surface area contributed by atoms with Gasteiger partial charge in [-0.3, -0.25) is 4.68 Å². The van der Waals surface area contributed by atoms with Crippen LogP contribution in [0.3, 0.4) is 0 Å². The lowest BCUT2D eigenvalue weighted by Crippen LogP contribution is -2.19. The standard InChI is InChI=1S/C13H16N6S/c1-4-18(2)13-15-10(8-6-5-7-20-8)9-11(14)19(3)17-12(9)16-13/h5-7H,4,14H2,1-3H3. The Balaban J connectivity index is 2.34. The average Bonchev–Trinajstić information content (AvgIpc) is 3.07. The van der Waals surface area contributed by atoms with Crippen LogP contribution in [0, 0.1) is 0 Å². The summed E-state index contributed by atoms with van der Waals surface area (Å²) in [4.78, 5) is 12.2. The van der Waals surface area contributed by atoms with Gasteiger partial charge in [-0.2, -0.15) is 10.1 Å². The zero-order valence-electron chi connectivity index (χ0n) is 11.7. The number of anilines is 2. The summed E-state index contributed by atoms with van der Waals surface area (Å²) in [5.74, 6) is 1.26. The van der Waals surface area contributed by atoms with Gasteiger partial charge < -0.3 is 10.6 Å². The van der Waals surface area contributed by atoms with Gasteiger partial charge in [0.15, 0.2) is 5.65 Å². The second kappa shape index (κ2) is 4.75. The van der Waals surface area contributed by atoms with Crippen molar-refractivity contribution in [2.75, 3.05) is 24.2 Å². The topological polar surface area (TPSA) is 72.9 Å². The van der Waals surface area contributed by atoms with E-state index < -0.39 is 0 Å². The quantitative estimate of drug-likeness (QED) is 0.799. The van der Waals surface area contributed by atoms with E-state index in [9.17, 15) is 0 Å². The molecule has 3 aromatic heterocycles. The fourth-order valence-corrected chi connectivity index (χ4v) is 2.73. The molecule has 0 unspecified atom stereocenters. The zero-order chi connectivity index (χ0) is 14.3. The smallest absolute Gasteiger partial charge is 0.227 e. The highest BCUT2D eigenvalue weighted by Gasteiger charge is 2.18. The van der Waals surface area contributed by atoms with E-state index in [2.05, 4.69) is 22.0 Å². The normalized spacial score (nSPS) is 11.2. The number of rotatable bonds is 3. The Hall–Kier alpha value is -2.15. The number of nitrogens with zero attached hydrogens (tertiary/aromatic N) is 5. The molecule has 3 rings (SSSR count). The maximum Gasteiger partial charge on any atom is 0.227 e. The molecule has 0 aromatic carbocycles. The highest BCUT2D eigenvalue weighted by atomic mass is 32.1. The van der Waals surface area contributed by atoms with E-state index in [0.29, 0.717) is 17.4 Å². The van der Waals surface area contributed by atoms with Gasteiger partial charge in [-0.25, -0.2) is 4.98 Å². The van der Waals surface area contributed by atoms with Crippen molar-refractivity contribution in [1.29, 1.82) is 0 Å². The Morgan fingerprint density at radius 3 is 2.85 bits per heavy atom. The van der Waals surface area contributed by atoms with Crippen LogP contribution in [0.1, 0.15) is 6.92 Å². The minimum Gasteiger partial charge on any atom is -0.383 e. The highest BCUT2D eigenvalue weighted by Crippen LogP contribution is 2.33. The van der Waals surface area contributed by atoms with Crippen LogP contribution in [-0.2, 0) is 7.05 Å². The molecule has 0 atom stereocenters. The number of nitrogens with two attached hydrogens (primary N) is 1. The van der Waals surface area contributed by atoms with Gasteiger partial charge in [-0.1, -0.05) is 6.07 Å². The molecular formula is C13H16N6S. The van der Waals surface area contributed by atoms with Crippen molar-refractivity contribution in [3.63, 3.8) is 0 Å². The number of hydrogen-bond donors (Lipinski definition) is 1. The molecule has 0 aliphatic rings. The van der Waals surface area contributed by atoms with Crippen molar-refractivity contribution in [2.45, 2.75) is 6.92 Å². The molecule has 0 bridgehead atoms. The Kier molecular flexibility index (Phi) is 3.06. The Morgan fingerprint density at radius 2 is 2.20 bits per heavy atom. The van der Waals surface area contributed by atoms with Gasteiger partial charge in [0.1, 0.15) is 5.82 Å². The lowest BCUT2D eigenvalue weighted by Gasteiger charge is -2.14. The molecule has 104 valence electrons. The third kappa shape index (κ3) is 1.90. The Labute approximate surface area is 120 Å². The fraction of sp³-hybridized carbons (Fsp3) is 0.308. The van der Waals surface area contributed by atoms with Crippen molar-refractivity contribution in [1.82, 2.24) is 19.7 Å². The molecule has 0 aliphatic carbocycles. The van der Waals surface area contributed by atoms with Gasteiger partial charge in [0.25, 0.3) is 0 Å². The molecule has 0 amide bonds. The van der Waals surface area contributed by atoms with Crippen molar-refractivity contribution in [3.05, 3.63) is 17.5 Å². The van der Waals surface area contributed by atoms with Crippen molar-refractivity contribution in [3.8, 4) is 10.6 Å². The summed E-state index contributed by atoms with van der Waals surface area (Å²) in [5.41, 5.74) is 7.61. The summed E-state index contributed by atoms with van der Waals surface area (Å²) >= 11 is 1.64. The number of nitrogen functional groups attached to an aromatic ring is 1. The van der Waals surface area contributed by atoms with Crippen LogP contribution in [0.25, 0.3) is 21.6 Å². The number of hydrogen-bond acceptors (Lipinski definition) is 6. The molecule has 2 N–H and O–H groups in total. The molecule has 0 aliphatic heterocycles. The average molecular weight is 288 g/mol. The largest absolute Gasteiger partial charge is 0.383 e. The third-order valence-electron chi connectivity index (χ3n) is 3.30. The highest BCUT2D eigenvalue weighted by molar-refractivity contribution is 7.13. The second-order valence-corrected chi connectivity index (χ2v) is 5.52. The van der Waals surface area contributed by atoms with Crippen LogP contribution in [0.4, 0.5) is 11.8 Å². The van der Waals surface area contributed by atoms with Gasteiger partial charge in [-0.05, 0) is 18.4 Å². The molecule has 3 heterocycles. The van der Waals surface area contributed by atoms with E-state index in [-0.39, 0.29) is 0 Å². The van der Waals surface area contributed by atoms with Crippen LogP contribution < -0.4 is 10.6 Å². The molecule has 0 fully saturated rings. The van der Waals surface area contributed by atoms with Crippen LogP contribution in [0.5, 0.6) is 0 Å². The van der Waals surface area contributed by atoms with Crippen LogP contribution in [-0.4, -0.2) is 33.3 Å².